The van der Waals surface area contributed by atoms with Crippen LogP contribution in [0.3, 0.4) is 0 Å². The van der Waals surface area contributed by atoms with E-state index in [1.54, 1.807) is 6.92 Å². The van der Waals surface area contributed by atoms with E-state index < -0.39 is 23.5 Å². The van der Waals surface area contributed by atoms with Crippen LogP contribution in [0.25, 0.3) is 0 Å². The van der Waals surface area contributed by atoms with Gasteiger partial charge in [0.2, 0.25) is 5.91 Å². The average molecular weight is 385 g/mol. The Labute approximate surface area is 152 Å². The standard InChI is InChI=1S/C17H15ClF2N2O2S/c1-8-2-12(19)16(13(20)3-8)11-6-22-17(24)10(11)4-9(23)5-15-21-7-14(18)25-15/h2-3,7,10-11H,4-6H2,1H3,(H,22,24)/t10-,11+/m0/s1. The maximum atomic E-state index is 14.3. The molecule has 1 aromatic heterocycles. The number of nitrogens with one attached hydrogen (secondary N) is 1. The molecule has 1 aliphatic heterocycles. The zero-order valence-electron chi connectivity index (χ0n) is 13.3. The van der Waals surface area contributed by atoms with Crippen molar-refractivity contribution in [3.05, 3.63) is 50.4 Å². The number of amides is 1. The van der Waals surface area contributed by atoms with E-state index in [2.05, 4.69) is 10.3 Å². The van der Waals surface area contributed by atoms with Crippen LogP contribution in [0.15, 0.2) is 18.3 Å². The predicted molar refractivity (Wildman–Crippen MR) is 90.8 cm³/mol. The summed E-state index contributed by atoms with van der Waals surface area (Å²) >= 11 is 6.98. The van der Waals surface area contributed by atoms with Crippen LogP contribution in [-0.2, 0) is 16.0 Å². The third kappa shape index (κ3) is 3.88. The van der Waals surface area contributed by atoms with Crippen LogP contribution in [-0.4, -0.2) is 23.2 Å². The van der Waals surface area contributed by atoms with Gasteiger partial charge in [-0.05, 0) is 24.6 Å². The zero-order valence-corrected chi connectivity index (χ0v) is 14.9. The maximum absolute atomic E-state index is 14.3. The largest absolute Gasteiger partial charge is 0.355 e. The molecule has 2 aromatic rings. The highest BCUT2D eigenvalue weighted by Gasteiger charge is 2.39. The summed E-state index contributed by atoms with van der Waals surface area (Å²) in [5.74, 6) is -3.47. The summed E-state index contributed by atoms with van der Waals surface area (Å²) in [6, 6.07) is 2.47. The van der Waals surface area contributed by atoms with Crippen LogP contribution in [0.5, 0.6) is 0 Å². The number of nitrogens with zero attached hydrogens (tertiary/aromatic N) is 1. The fourth-order valence-electron chi connectivity index (χ4n) is 3.13. The Morgan fingerprint density at radius 1 is 1.40 bits per heavy atom. The number of ketones is 1. The van der Waals surface area contributed by atoms with Gasteiger partial charge in [-0.25, -0.2) is 13.8 Å². The summed E-state index contributed by atoms with van der Waals surface area (Å²) in [7, 11) is 0. The lowest BCUT2D eigenvalue weighted by Crippen LogP contribution is -2.23. The van der Waals surface area contributed by atoms with Crippen molar-refractivity contribution in [1.82, 2.24) is 10.3 Å². The van der Waals surface area contributed by atoms with Crippen molar-refractivity contribution in [1.29, 1.82) is 0 Å². The smallest absolute Gasteiger partial charge is 0.224 e. The Hall–Kier alpha value is -1.86. The summed E-state index contributed by atoms with van der Waals surface area (Å²) in [5.41, 5.74) is 0.323. The molecule has 1 aliphatic rings. The Balaban J connectivity index is 1.79. The molecule has 2 heterocycles. The maximum Gasteiger partial charge on any atom is 0.224 e. The van der Waals surface area contributed by atoms with Crippen molar-refractivity contribution in [3.8, 4) is 0 Å². The highest BCUT2D eigenvalue weighted by Crippen LogP contribution is 2.35. The second-order valence-electron chi connectivity index (χ2n) is 6.08. The third-order valence-electron chi connectivity index (χ3n) is 4.23. The Morgan fingerprint density at radius 2 is 2.08 bits per heavy atom. The number of Topliss-reactive ketones (excluding diaryl/α,β-unsaturated/α-hetero) is 1. The number of carbonyl (C=O) groups is 2. The molecule has 132 valence electrons. The van der Waals surface area contributed by atoms with Crippen LogP contribution >= 0.6 is 22.9 Å². The summed E-state index contributed by atoms with van der Waals surface area (Å²) in [4.78, 5) is 28.4. The summed E-state index contributed by atoms with van der Waals surface area (Å²) < 4.78 is 29.0. The van der Waals surface area contributed by atoms with Crippen LogP contribution in [0, 0.1) is 24.5 Å². The Kier molecular flexibility index (Phi) is 5.15. The second-order valence-corrected chi connectivity index (χ2v) is 7.82. The first-order valence-electron chi connectivity index (χ1n) is 7.70. The number of rotatable bonds is 5. The van der Waals surface area contributed by atoms with Crippen molar-refractivity contribution >= 4 is 34.6 Å². The van der Waals surface area contributed by atoms with Crippen LogP contribution in [0.4, 0.5) is 8.78 Å². The molecule has 1 N–H and O–H groups in total. The molecule has 0 spiro atoms. The summed E-state index contributed by atoms with van der Waals surface area (Å²) in [6.45, 7) is 1.70. The molecule has 0 saturated carbocycles. The highest BCUT2D eigenvalue weighted by atomic mass is 35.5. The molecular weight excluding hydrogens is 370 g/mol. The average Bonchev–Trinajstić information content (AvgIpc) is 3.06. The van der Waals surface area contributed by atoms with Gasteiger partial charge >= 0.3 is 0 Å². The van der Waals surface area contributed by atoms with Gasteiger partial charge in [0.05, 0.1) is 18.5 Å². The minimum absolute atomic E-state index is 0.0484. The lowest BCUT2D eigenvalue weighted by Gasteiger charge is -2.18. The SMILES string of the molecule is Cc1cc(F)c([C@@H]2CNC(=O)[C@H]2CC(=O)Cc2ncc(Cl)s2)c(F)c1. The minimum atomic E-state index is -0.797. The van der Waals surface area contributed by atoms with E-state index >= 15 is 0 Å². The van der Waals surface area contributed by atoms with Gasteiger partial charge in [-0.15, -0.1) is 11.3 Å². The van der Waals surface area contributed by atoms with E-state index in [9.17, 15) is 18.4 Å². The zero-order chi connectivity index (χ0) is 18.1. The number of halogens is 3. The minimum Gasteiger partial charge on any atom is -0.355 e. The monoisotopic (exact) mass is 384 g/mol. The van der Waals surface area contributed by atoms with Crippen molar-refractivity contribution < 1.29 is 18.4 Å². The van der Waals surface area contributed by atoms with Crippen molar-refractivity contribution in [2.45, 2.75) is 25.7 Å². The highest BCUT2D eigenvalue weighted by molar-refractivity contribution is 7.15. The number of carbonyl (C=O) groups excluding carboxylic acids is 2. The van der Waals surface area contributed by atoms with Gasteiger partial charge in [0.15, 0.2) is 0 Å². The van der Waals surface area contributed by atoms with Crippen molar-refractivity contribution in [3.63, 3.8) is 0 Å². The lowest BCUT2D eigenvalue weighted by molar-refractivity contribution is -0.127. The van der Waals surface area contributed by atoms with Crippen LogP contribution < -0.4 is 5.32 Å². The van der Waals surface area contributed by atoms with Gasteiger partial charge < -0.3 is 5.32 Å². The van der Waals surface area contributed by atoms with E-state index in [0.29, 0.717) is 14.9 Å². The first kappa shape index (κ1) is 17.9. The Morgan fingerprint density at radius 3 is 2.68 bits per heavy atom. The molecule has 4 nitrogen and oxygen atoms in total. The fourth-order valence-corrected chi connectivity index (χ4v) is 4.11. The molecular formula is C17H15ClF2N2O2S. The number of aryl methyl sites for hydroxylation is 1. The molecule has 2 atom stereocenters. The third-order valence-corrected chi connectivity index (χ3v) is 5.35. The lowest BCUT2D eigenvalue weighted by atomic mass is 9.84. The predicted octanol–water partition coefficient (Wildman–Crippen LogP) is 3.41. The second kappa shape index (κ2) is 7.17. The number of aromatic nitrogens is 1. The van der Waals surface area contributed by atoms with Crippen LogP contribution in [0.1, 0.15) is 28.5 Å². The van der Waals surface area contributed by atoms with Gasteiger partial charge in [0.25, 0.3) is 0 Å². The quantitative estimate of drug-likeness (QED) is 0.859. The van der Waals surface area contributed by atoms with E-state index in [-0.39, 0.29) is 36.6 Å². The van der Waals surface area contributed by atoms with E-state index in [4.69, 9.17) is 11.6 Å². The van der Waals surface area contributed by atoms with Gasteiger partial charge in [-0.3, -0.25) is 9.59 Å². The van der Waals surface area contributed by atoms with Gasteiger partial charge in [-0.2, -0.15) is 0 Å². The van der Waals surface area contributed by atoms with Gasteiger partial charge in [0, 0.05) is 24.4 Å². The molecule has 1 amide bonds. The molecule has 0 unspecified atom stereocenters. The van der Waals surface area contributed by atoms with Gasteiger partial charge in [-0.1, -0.05) is 11.6 Å². The van der Waals surface area contributed by atoms with Crippen molar-refractivity contribution in [2.24, 2.45) is 5.92 Å². The van der Waals surface area contributed by atoms with E-state index in [1.165, 1.54) is 29.7 Å². The molecule has 1 fully saturated rings. The summed E-state index contributed by atoms with van der Waals surface area (Å²) in [5, 5.41) is 3.16. The normalized spacial score (nSPS) is 19.9. The molecule has 1 aromatic carbocycles. The number of benzene rings is 1. The molecule has 8 heteroatoms. The summed E-state index contributed by atoms with van der Waals surface area (Å²) in [6.07, 6.45) is 1.41. The molecule has 25 heavy (non-hydrogen) atoms. The molecule has 0 radical (unpaired) electrons. The molecule has 0 aliphatic carbocycles. The van der Waals surface area contributed by atoms with Gasteiger partial charge in [0.1, 0.15) is 26.8 Å². The first-order valence-corrected chi connectivity index (χ1v) is 8.89. The fraction of sp³-hybridized carbons (Fsp3) is 0.353. The molecule has 3 rings (SSSR count). The van der Waals surface area contributed by atoms with E-state index in [1.807, 2.05) is 0 Å². The van der Waals surface area contributed by atoms with E-state index in [0.717, 1.165) is 0 Å². The number of thiazole rings is 1. The first-order chi connectivity index (χ1) is 11.8. The van der Waals surface area contributed by atoms with Crippen molar-refractivity contribution in [2.75, 3.05) is 6.54 Å². The topological polar surface area (TPSA) is 59.1 Å². The van der Waals surface area contributed by atoms with Crippen LogP contribution in [0.2, 0.25) is 4.34 Å². The number of hydrogen-bond donors (Lipinski definition) is 1. The molecule has 1 saturated heterocycles. The molecule has 0 bridgehead atoms. The number of hydrogen-bond acceptors (Lipinski definition) is 4. The Bertz CT molecular complexity index is 817.